The predicted octanol–water partition coefficient (Wildman–Crippen LogP) is 4.15. The zero-order valence-electron chi connectivity index (χ0n) is 19.9. The molecule has 0 bridgehead atoms. The molecule has 35 heavy (non-hydrogen) atoms. The topological polar surface area (TPSA) is 117 Å². The number of allylic oxidation sites excluding steroid dienone is 3. The van der Waals surface area contributed by atoms with Crippen LogP contribution in [0.25, 0.3) is 0 Å². The van der Waals surface area contributed by atoms with Gasteiger partial charge in [-0.15, -0.1) is 0 Å². The maximum Gasteiger partial charge on any atom is 0.336 e. The first kappa shape index (κ1) is 24.0. The number of nitro groups is 1. The molecule has 1 N–H and O–H groups in total. The van der Waals surface area contributed by atoms with Crippen LogP contribution in [0.15, 0.2) is 65.0 Å². The lowest BCUT2D eigenvalue weighted by molar-refractivity contribution is -0.385. The Bertz CT molecular complexity index is 1260. The number of benzene rings is 2. The Morgan fingerprint density at radius 2 is 1.71 bits per heavy atom. The summed E-state index contributed by atoms with van der Waals surface area (Å²) in [4.78, 5) is 38.1. The summed E-state index contributed by atoms with van der Waals surface area (Å²) in [6.07, 6.45) is 0.740. The molecule has 0 amide bonds. The molecule has 2 atom stereocenters. The molecule has 2 aliphatic rings. The van der Waals surface area contributed by atoms with Crippen molar-refractivity contribution >= 4 is 17.4 Å². The molecule has 1 aliphatic carbocycles. The second kappa shape index (κ2) is 9.61. The first-order chi connectivity index (χ1) is 16.8. The minimum atomic E-state index is -0.997. The molecule has 2 aromatic carbocycles. The highest BCUT2D eigenvalue weighted by Gasteiger charge is 2.44. The van der Waals surface area contributed by atoms with Gasteiger partial charge in [0, 0.05) is 29.0 Å². The van der Waals surface area contributed by atoms with E-state index < -0.39 is 16.8 Å². The van der Waals surface area contributed by atoms with Crippen LogP contribution in [0.5, 0.6) is 11.5 Å². The fourth-order valence-electron chi connectivity index (χ4n) is 4.96. The molecule has 0 spiro atoms. The van der Waals surface area contributed by atoms with Gasteiger partial charge in [0.2, 0.25) is 0 Å². The third-order valence-corrected chi connectivity index (χ3v) is 6.54. The Morgan fingerprint density at radius 3 is 2.31 bits per heavy atom. The monoisotopic (exact) mass is 478 g/mol. The highest BCUT2D eigenvalue weighted by Crippen LogP contribution is 2.49. The highest BCUT2D eigenvalue weighted by atomic mass is 16.6. The van der Waals surface area contributed by atoms with E-state index in [0.29, 0.717) is 23.4 Å². The molecule has 0 radical (unpaired) electrons. The van der Waals surface area contributed by atoms with E-state index in [0.717, 1.165) is 5.56 Å². The molecule has 0 aromatic heterocycles. The zero-order chi connectivity index (χ0) is 25.3. The summed E-state index contributed by atoms with van der Waals surface area (Å²) in [7, 11) is 4.03. The van der Waals surface area contributed by atoms with Gasteiger partial charge in [-0.3, -0.25) is 14.9 Å². The molecular weight excluding hydrogens is 452 g/mol. The van der Waals surface area contributed by atoms with Gasteiger partial charge < -0.3 is 19.5 Å². The molecule has 0 saturated carbocycles. The van der Waals surface area contributed by atoms with E-state index in [1.807, 2.05) is 30.3 Å². The first-order valence-electron chi connectivity index (χ1n) is 11.1. The summed E-state index contributed by atoms with van der Waals surface area (Å²) in [6.45, 7) is 1.70. The number of rotatable bonds is 6. The van der Waals surface area contributed by atoms with E-state index in [-0.39, 0.29) is 46.4 Å². The van der Waals surface area contributed by atoms with Crippen LogP contribution in [0, 0.1) is 10.1 Å². The molecule has 9 nitrogen and oxygen atoms in total. The fraction of sp³-hybridized carbons (Fsp3) is 0.308. The van der Waals surface area contributed by atoms with Crippen molar-refractivity contribution in [3.8, 4) is 11.5 Å². The lowest BCUT2D eigenvalue weighted by atomic mass is 9.71. The number of carbonyl (C=O) groups is 2. The van der Waals surface area contributed by atoms with Gasteiger partial charge >= 0.3 is 5.97 Å². The molecule has 182 valence electrons. The first-order valence-corrected chi connectivity index (χ1v) is 11.1. The lowest BCUT2D eigenvalue weighted by Gasteiger charge is -2.36. The van der Waals surface area contributed by atoms with Crippen molar-refractivity contribution in [1.82, 2.24) is 5.32 Å². The maximum absolute atomic E-state index is 13.6. The minimum absolute atomic E-state index is 0.0523. The third kappa shape index (κ3) is 4.25. The number of hydrogen-bond donors (Lipinski definition) is 1. The van der Waals surface area contributed by atoms with E-state index in [4.69, 9.17) is 14.2 Å². The Hall–Kier alpha value is -4.14. The average molecular weight is 479 g/mol. The number of nitrogens with zero attached hydrogens (tertiary/aromatic N) is 1. The Kier molecular flexibility index (Phi) is 6.59. The summed E-state index contributed by atoms with van der Waals surface area (Å²) < 4.78 is 15.7. The quantitative estimate of drug-likeness (QED) is 0.374. The number of dihydropyridines is 1. The number of Topliss-reactive ketones (excluding diaryl/α,β-unsaturated/α-hetero) is 1. The van der Waals surface area contributed by atoms with Crippen LogP contribution < -0.4 is 14.8 Å². The number of esters is 1. The van der Waals surface area contributed by atoms with Crippen molar-refractivity contribution in [3.63, 3.8) is 0 Å². The van der Waals surface area contributed by atoms with Gasteiger partial charge in [-0.1, -0.05) is 30.3 Å². The molecular formula is C26H26N2O7. The van der Waals surface area contributed by atoms with E-state index in [9.17, 15) is 19.7 Å². The van der Waals surface area contributed by atoms with Crippen LogP contribution in [-0.4, -0.2) is 38.0 Å². The second-order valence-corrected chi connectivity index (χ2v) is 8.44. The largest absolute Gasteiger partial charge is 0.493 e. The Labute approximate surface area is 202 Å². The molecule has 0 unspecified atom stereocenters. The van der Waals surface area contributed by atoms with Gasteiger partial charge in [0.05, 0.1) is 43.8 Å². The third-order valence-electron chi connectivity index (χ3n) is 6.54. The van der Waals surface area contributed by atoms with E-state index >= 15 is 0 Å². The smallest absolute Gasteiger partial charge is 0.336 e. The van der Waals surface area contributed by atoms with Crippen LogP contribution in [0.3, 0.4) is 0 Å². The summed E-state index contributed by atoms with van der Waals surface area (Å²) in [5, 5.41) is 15.3. The Morgan fingerprint density at radius 1 is 1.06 bits per heavy atom. The number of methoxy groups -OCH3 is 3. The normalized spacial score (nSPS) is 19.6. The van der Waals surface area contributed by atoms with Crippen molar-refractivity contribution in [2.45, 2.75) is 31.6 Å². The maximum atomic E-state index is 13.6. The van der Waals surface area contributed by atoms with E-state index in [1.54, 1.807) is 6.92 Å². The number of ether oxygens (including phenoxy) is 3. The molecule has 9 heteroatoms. The number of ketones is 1. The van der Waals surface area contributed by atoms with Crippen molar-refractivity contribution < 1.29 is 28.7 Å². The molecule has 0 saturated heterocycles. The van der Waals surface area contributed by atoms with Crippen LogP contribution in [0.1, 0.15) is 42.7 Å². The summed E-state index contributed by atoms with van der Waals surface area (Å²) >= 11 is 0. The Balaban J connectivity index is 1.94. The van der Waals surface area contributed by atoms with E-state index in [1.165, 1.54) is 33.5 Å². The number of nitro benzene ring substituents is 1. The summed E-state index contributed by atoms with van der Waals surface area (Å²) in [5.41, 5.74) is 2.51. The summed E-state index contributed by atoms with van der Waals surface area (Å²) in [6, 6.07) is 12.4. The molecule has 1 heterocycles. The van der Waals surface area contributed by atoms with Crippen molar-refractivity contribution in [3.05, 3.63) is 86.2 Å². The van der Waals surface area contributed by atoms with Gasteiger partial charge in [0.15, 0.2) is 17.3 Å². The van der Waals surface area contributed by atoms with Gasteiger partial charge in [-0.25, -0.2) is 4.79 Å². The van der Waals surface area contributed by atoms with Crippen LogP contribution in [0.2, 0.25) is 0 Å². The van der Waals surface area contributed by atoms with Crippen molar-refractivity contribution in [1.29, 1.82) is 0 Å². The minimum Gasteiger partial charge on any atom is -0.493 e. The highest BCUT2D eigenvalue weighted by molar-refractivity contribution is 6.04. The van der Waals surface area contributed by atoms with Gasteiger partial charge in [0.25, 0.3) is 5.69 Å². The molecule has 0 fully saturated rings. The standard InChI is InChI=1S/C26H26N2O7/c1-14-23(26(30)35-4)24(17-12-21(33-2)22(34-3)13-19(17)28(31)32)25-18(27-14)10-16(11-20(25)29)15-8-6-5-7-9-15/h5-9,12-13,16,24,27H,10-11H2,1-4H3/t16-,24+/m1/s1. The van der Waals surface area contributed by atoms with E-state index in [2.05, 4.69) is 5.32 Å². The van der Waals surface area contributed by atoms with Crippen molar-refractivity contribution in [2.75, 3.05) is 21.3 Å². The SMILES string of the molecule is COC(=O)C1=C(C)NC2=C(C(=O)C[C@H](c3ccccc3)C2)[C@H]1c1cc(OC)c(OC)cc1[N+](=O)[O-]. The zero-order valence-corrected chi connectivity index (χ0v) is 19.9. The molecule has 4 rings (SSSR count). The van der Waals surface area contributed by atoms with Gasteiger partial charge in [0.1, 0.15) is 0 Å². The van der Waals surface area contributed by atoms with Crippen LogP contribution in [-0.2, 0) is 14.3 Å². The average Bonchev–Trinajstić information content (AvgIpc) is 2.86. The van der Waals surface area contributed by atoms with Crippen LogP contribution in [0.4, 0.5) is 5.69 Å². The predicted molar refractivity (Wildman–Crippen MR) is 127 cm³/mol. The number of carbonyl (C=O) groups excluding carboxylic acids is 2. The summed E-state index contributed by atoms with van der Waals surface area (Å²) in [5.74, 6) is -1.48. The van der Waals surface area contributed by atoms with Crippen molar-refractivity contribution in [2.24, 2.45) is 0 Å². The number of nitrogens with one attached hydrogen (secondary N) is 1. The second-order valence-electron chi connectivity index (χ2n) is 8.44. The molecule has 1 aliphatic heterocycles. The fourth-order valence-corrected chi connectivity index (χ4v) is 4.96. The molecule has 2 aromatic rings. The lowest BCUT2D eigenvalue weighted by Crippen LogP contribution is -2.36. The van der Waals surface area contributed by atoms with Crippen LogP contribution >= 0.6 is 0 Å². The van der Waals surface area contributed by atoms with Gasteiger partial charge in [-0.2, -0.15) is 0 Å². The number of hydrogen-bond acceptors (Lipinski definition) is 8. The van der Waals surface area contributed by atoms with Gasteiger partial charge in [-0.05, 0) is 30.9 Å².